The lowest BCUT2D eigenvalue weighted by atomic mass is 11.0. The Bertz CT molecular complexity index is 44.1. The van der Waals surface area contributed by atoms with Gasteiger partial charge in [-0.2, -0.15) is 0 Å². The Morgan fingerprint density at radius 3 is 0.846 bits per heavy atom. The van der Waals surface area contributed by atoms with Crippen LogP contribution in [0.3, 0.4) is 0 Å². The van der Waals surface area contributed by atoms with Crippen LogP contribution in [0.2, 0.25) is 0 Å². The molecule has 13 heavy (non-hydrogen) atoms. The monoisotopic (exact) mass is 352 g/mol. The van der Waals surface area contributed by atoms with Crippen molar-refractivity contribution < 1.29 is 0 Å². The van der Waals surface area contributed by atoms with Gasteiger partial charge in [0.05, 0.1) is 0 Å². The van der Waals surface area contributed by atoms with E-state index < -0.39 is 0 Å². The van der Waals surface area contributed by atoms with E-state index in [1.54, 1.807) is 0 Å². The molecule has 7 unspecified atom stereocenters. The Kier molecular flexibility index (Phi) is 58.6. The first-order valence-electron chi connectivity index (χ1n) is 3.80. The van der Waals surface area contributed by atoms with E-state index in [0.29, 0.717) is 0 Å². The molecule has 0 rings (SSSR count). The average Bonchev–Trinajstić information content (AvgIpc) is 2.10. The maximum absolute atomic E-state index is 2.75. The first kappa shape index (κ1) is 25.7. The van der Waals surface area contributed by atoms with Gasteiger partial charge in [0, 0.05) is 0 Å². The lowest BCUT2D eigenvalue weighted by Crippen LogP contribution is -0.986. The average molecular weight is 352 g/mol. The fourth-order valence-corrected chi connectivity index (χ4v) is 0. The van der Waals surface area contributed by atoms with Gasteiger partial charge in [0.15, 0.2) is 0 Å². The second-order valence-corrected chi connectivity index (χ2v) is 26.6. The summed E-state index contributed by atoms with van der Waals surface area (Å²) in [5.74, 6) is 0. The molecule has 0 heterocycles. The van der Waals surface area contributed by atoms with Crippen molar-refractivity contribution in [1.82, 2.24) is 0 Å². The van der Waals surface area contributed by atoms with Crippen molar-refractivity contribution in [2.45, 2.75) is 27.7 Å². The van der Waals surface area contributed by atoms with Crippen LogP contribution in [0.5, 0.6) is 0 Å². The third-order valence-electron chi connectivity index (χ3n) is 0.149. The summed E-state index contributed by atoms with van der Waals surface area (Å²) in [6, 6.07) is 0. The van der Waals surface area contributed by atoms with Crippen molar-refractivity contribution in [3.63, 3.8) is 0 Å². The van der Waals surface area contributed by atoms with Crippen molar-refractivity contribution in [2.75, 3.05) is 0 Å². The zero-order chi connectivity index (χ0) is 11.9. The van der Waals surface area contributed by atoms with Gasteiger partial charge in [0.1, 0.15) is 0 Å². The molecule has 7 atom stereocenters. The summed E-state index contributed by atoms with van der Waals surface area (Å²) in [7, 11) is 17.2. The molecule has 0 aromatic carbocycles. The van der Waals surface area contributed by atoms with Gasteiger partial charge >= 0.3 is 0 Å². The van der Waals surface area contributed by atoms with Crippen LogP contribution < -0.4 is 0 Å². The highest BCUT2D eigenvalue weighted by atomic mass is 32.8. The third-order valence-corrected chi connectivity index (χ3v) is 12.1. The van der Waals surface area contributed by atoms with Crippen molar-refractivity contribution in [2.24, 2.45) is 0 Å². The van der Waals surface area contributed by atoms with E-state index in [0.717, 1.165) is 7.96 Å². The van der Waals surface area contributed by atoms with Crippen molar-refractivity contribution in [3.05, 3.63) is 0 Å². The van der Waals surface area contributed by atoms with Crippen molar-refractivity contribution >= 4 is 75.5 Å². The van der Waals surface area contributed by atoms with Crippen LogP contribution >= 0.6 is 75.5 Å². The van der Waals surface area contributed by atoms with Crippen LogP contribution in [-0.4, -0.2) is 0 Å². The summed E-state index contributed by atoms with van der Waals surface area (Å²) in [6.45, 7) is 8.36. The summed E-state index contributed by atoms with van der Waals surface area (Å²) in [6.07, 6.45) is 0. The zero-order valence-corrected chi connectivity index (χ0v) is 18.6. The molecule has 0 saturated carbocycles. The molecule has 0 spiro atoms. The van der Waals surface area contributed by atoms with Crippen LogP contribution in [0.4, 0.5) is 0 Å². The maximum Gasteiger partial charge on any atom is -0.0429 e. The predicted octanol–water partition coefficient (Wildman–Crippen LogP) is 6.32. The molecule has 0 aromatic heterocycles. The lowest BCUT2D eigenvalue weighted by molar-refractivity contribution is 1.50. The molecule has 0 saturated heterocycles. The molecule has 86 valence electrons. The highest BCUT2D eigenvalue weighted by molar-refractivity contribution is 8.77. The van der Waals surface area contributed by atoms with E-state index in [4.69, 9.17) is 0 Å². The van der Waals surface area contributed by atoms with Gasteiger partial charge in [0.25, 0.3) is 0 Å². The van der Waals surface area contributed by atoms with E-state index >= 15 is 0 Å². The summed E-state index contributed by atoms with van der Waals surface area (Å²) in [5.41, 5.74) is 0. The maximum atomic E-state index is 2.75. The van der Waals surface area contributed by atoms with Crippen LogP contribution in [0.15, 0.2) is 0 Å². The molecule has 0 aliphatic heterocycles. The van der Waals surface area contributed by atoms with Crippen LogP contribution in [0.1, 0.15) is 27.7 Å². The first-order valence-corrected chi connectivity index (χ1v) is 18.2. The molecule has 0 bridgehead atoms. The van der Waals surface area contributed by atoms with Gasteiger partial charge in [-0.05, 0) is 14.0 Å². The Hall–Kier alpha value is 3.87. The molecule has 0 aromatic rings. The molecule has 0 N–H and O–H groups in total. The minimum atomic E-state index is 0.130. The standard InChI is InChI=1S/2C2H6.H7P5.H6P4/c2*1-2;1-4-5(2)3;1-4(2)3/h2*1-2H3;4H,1-3H2;1-3H2. The molecule has 0 aliphatic carbocycles. The van der Waals surface area contributed by atoms with Gasteiger partial charge < -0.3 is 0 Å². The van der Waals surface area contributed by atoms with Gasteiger partial charge in [-0.1, -0.05) is 35.7 Å². The minimum Gasteiger partial charge on any atom is -0.109 e. The second-order valence-electron chi connectivity index (χ2n) is 0.984. The fourth-order valence-electron chi connectivity index (χ4n) is 0. The number of rotatable bonds is 1. The molecule has 0 fully saturated rings. The Labute approximate surface area is 103 Å². The van der Waals surface area contributed by atoms with E-state index in [1.165, 1.54) is 0 Å². The molecule has 0 amide bonds. The van der Waals surface area contributed by atoms with E-state index in [1.807, 2.05) is 27.7 Å². The SMILES string of the molecule is CC.CC.PP(P)P.PPP(P)P. The third kappa shape index (κ3) is 88.6. The molecule has 0 nitrogen and oxygen atoms in total. The van der Waals surface area contributed by atoms with Crippen LogP contribution in [0.25, 0.3) is 0 Å². The zero-order valence-electron chi connectivity index (χ0n) is 8.86. The first-order chi connectivity index (χ1) is 6.00. The molecule has 0 aliphatic rings. The smallest absolute Gasteiger partial charge is 0.0429 e. The Morgan fingerprint density at radius 1 is 0.769 bits per heavy atom. The van der Waals surface area contributed by atoms with Crippen molar-refractivity contribution in [1.29, 1.82) is 0 Å². The minimum absolute atomic E-state index is 0.130. The van der Waals surface area contributed by atoms with E-state index in [-0.39, 0.29) is 14.0 Å². The quantitative estimate of drug-likeness (QED) is 0.484. The van der Waals surface area contributed by atoms with Crippen LogP contribution in [-0.2, 0) is 0 Å². The lowest BCUT2D eigenvalue weighted by Gasteiger charge is -1.92. The Balaban J connectivity index is -0.0000000457. The van der Waals surface area contributed by atoms with Gasteiger partial charge in [-0.15, -0.1) is 53.6 Å². The second kappa shape index (κ2) is 29.7. The molecular weight excluding hydrogens is 327 g/mol. The highest BCUT2D eigenvalue weighted by Crippen LogP contribution is 2.71. The summed E-state index contributed by atoms with van der Waals surface area (Å²) < 4.78 is 0. The predicted molar refractivity (Wildman–Crippen MR) is 103 cm³/mol. The van der Waals surface area contributed by atoms with Crippen LogP contribution in [0, 0.1) is 0 Å². The van der Waals surface area contributed by atoms with Gasteiger partial charge in [-0.25, -0.2) is 0 Å². The molecular formula is C4H25P9. The largest absolute Gasteiger partial charge is 0.109 e. The fraction of sp³-hybridized carbons (Fsp3) is 1.00. The van der Waals surface area contributed by atoms with Gasteiger partial charge in [0.2, 0.25) is 0 Å². The molecule has 9 heteroatoms. The van der Waals surface area contributed by atoms with E-state index in [2.05, 4.69) is 53.6 Å². The topological polar surface area (TPSA) is 0 Å². The van der Waals surface area contributed by atoms with Crippen molar-refractivity contribution in [3.8, 4) is 0 Å². The van der Waals surface area contributed by atoms with Gasteiger partial charge in [-0.3, -0.25) is 0 Å². The highest BCUT2D eigenvalue weighted by Gasteiger charge is 1.78. The summed E-state index contributed by atoms with van der Waals surface area (Å²) in [4.78, 5) is 0. The summed E-state index contributed by atoms with van der Waals surface area (Å²) >= 11 is 0. The summed E-state index contributed by atoms with van der Waals surface area (Å²) in [5, 5.41) is 0. The number of hydrogen-bond donors (Lipinski definition) is 0. The van der Waals surface area contributed by atoms with E-state index in [9.17, 15) is 0 Å². The molecule has 0 radical (unpaired) electrons. The number of hydrogen-bond acceptors (Lipinski definition) is 0. The Morgan fingerprint density at radius 2 is 0.846 bits per heavy atom. The normalized spacial score (nSPS) is 8.31.